The normalized spacial score (nSPS) is 27.7. The number of rotatable bonds is 14. The molecule has 8 aliphatic carbocycles. The van der Waals surface area contributed by atoms with Crippen molar-refractivity contribution in [3.05, 3.63) is 119 Å². The maximum Gasteiger partial charge on any atom is 0.328 e. The molecule has 8 saturated carbocycles. The van der Waals surface area contributed by atoms with Crippen molar-refractivity contribution in [3.63, 3.8) is 0 Å². The average molecular weight is 937 g/mol. The minimum absolute atomic E-state index is 0.0516. The molecule has 4 aromatic carbocycles. The van der Waals surface area contributed by atoms with Gasteiger partial charge in [0.05, 0.1) is 0 Å². The van der Waals surface area contributed by atoms with Crippen molar-refractivity contribution in [3.8, 4) is 33.8 Å². The first-order chi connectivity index (χ1) is 33.0. The molecular weight excluding hydrogens is 873 g/mol. The third kappa shape index (κ3) is 10.2. The fraction of sp³-hybridized carbons (Fsp3) is 0.439. The second kappa shape index (κ2) is 19.3. The Kier molecular flexibility index (Phi) is 13.4. The first-order valence-corrected chi connectivity index (χ1v) is 24.6. The highest BCUT2D eigenvalue weighted by atomic mass is 16.5. The van der Waals surface area contributed by atoms with Gasteiger partial charge in [0.15, 0.2) is 11.7 Å². The van der Waals surface area contributed by atoms with Crippen LogP contribution in [0.3, 0.4) is 0 Å². The third-order valence-corrected chi connectivity index (χ3v) is 16.3. The van der Waals surface area contributed by atoms with E-state index < -0.39 is 35.5 Å². The highest BCUT2D eigenvalue weighted by Gasteiger charge is 2.54. The van der Waals surface area contributed by atoms with Crippen molar-refractivity contribution in [2.75, 3.05) is 0 Å². The van der Waals surface area contributed by atoms with Crippen LogP contribution in [0.1, 0.15) is 120 Å². The lowest BCUT2D eigenvalue weighted by molar-refractivity contribution is -0.143. The smallest absolute Gasteiger partial charge is 0.328 e. The van der Waals surface area contributed by atoms with Gasteiger partial charge in [-0.2, -0.15) is 0 Å². The Balaban J connectivity index is 0.000000172. The summed E-state index contributed by atoms with van der Waals surface area (Å²) in [5.41, 5.74) is 10.6. The van der Waals surface area contributed by atoms with E-state index in [0.29, 0.717) is 5.75 Å². The molecule has 4 aromatic rings. The van der Waals surface area contributed by atoms with E-state index in [-0.39, 0.29) is 10.8 Å². The number of hydrogen-bond acceptors (Lipinski definition) is 8. The molecule has 2 amide bonds. The summed E-state index contributed by atoms with van der Waals surface area (Å²) in [7, 11) is 0. The topological polar surface area (TPSA) is 192 Å². The summed E-state index contributed by atoms with van der Waals surface area (Å²) < 4.78 is 12.4. The molecule has 0 aromatic heterocycles. The van der Waals surface area contributed by atoms with Crippen molar-refractivity contribution < 1.29 is 49.3 Å². The zero-order valence-electron chi connectivity index (χ0n) is 39.7. The minimum Gasteiger partial charge on any atom is -0.481 e. The number of benzene rings is 4. The van der Waals surface area contributed by atoms with Crippen molar-refractivity contribution in [2.45, 2.75) is 120 Å². The van der Waals surface area contributed by atoms with Crippen molar-refractivity contribution in [1.29, 1.82) is 0 Å². The predicted octanol–water partition coefficient (Wildman–Crippen LogP) is 10.8. The van der Waals surface area contributed by atoms with Gasteiger partial charge in [-0.3, -0.25) is 20.0 Å². The van der Waals surface area contributed by atoms with Crippen molar-refractivity contribution in [1.82, 2.24) is 11.0 Å². The van der Waals surface area contributed by atoms with E-state index in [9.17, 15) is 24.4 Å². The predicted molar refractivity (Wildman–Crippen MR) is 261 cm³/mol. The van der Waals surface area contributed by atoms with Crippen LogP contribution in [0.2, 0.25) is 0 Å². The van der Waals surface area contributed by atoms with E-state index in [2.05, 4.69) is 12.1 Å². The standard InChI is InChI=1S/C29H33NO5.C28H31NO5/c1-28(2,27(33)30-34)35-25-9-8-23(22-6-3-18(4-7-22)5-10-26(31)32)14-24(25)29-15-19-11-20(16-29)13-21(12-19)17-29;1-17(27(32)29-33)34-25-8-7-23(22-5-2-18(3-6-22)4-9-26(30)31)13-24(25)28-14-19-10-20(15-28)12-21(11-19)16-28/h3-10,14,19-21,34H,11-13,15-17H2,1-2H3,(H,30,33)(H,31,32);2-9,13,17,19-21,33H,10-12,14-16H2,1H3,(H,29,32)(H,30,31)/b10-5+;9-4+. The molecular formula is C57H64N2O10. The first-order valence-electron chi connectivity index (χ1n) is 24.6. The van der Waals surface area contributed by atoms with Gasteiger partial charge in [0.25, 0.3) is 11.8 Å². The minimum atomic E-state index is -1.22. The van der Waals surface area contributed by atoms with Crippen LogP contribution in [0.4, 0.5) is 0 Å². The van der Waals surface area contributed by atoms with Gasteiger partial charge < -0.3 is 19.7 Å². The fourth-order valence-corrected chi connectivity index (χ4v) is 14.0. The van der Waals surface area contributed by atoms with E-state index in [1.165, 1.54) is 68.9 Å². The van der Waals surface area contributed by atoms with Crippen LogP contribution in [0.25, 0.3) is 34.4 Å². The van der Waals surface area contributed by atoms with E-state index in [1.807, 2.05) is 72.8 Å². The number of carboxylic acids is 2. The van der Waals surface area contributed by atoms with Gasteiger partial charge >= 0.3 is 11.9 Å². The lowest BCUT2D eigenvalue weighted by Crippen LogP contribution is -2.49. The highest BCUT2D eigenvalue weighted by Crippen LogP contribution is 2.63. The van der Waals surface area contributed by atoms with E-state index in [0.717, 1.165) is 106 Å². The Morgan fingerprint density at radius 3 is 1.29 bits per heavy atom. The number of carboxylic acid groups (broad SMARTS) is 2. The van der Waals surface area contributed by atoms with Crippen molar-refractivity contribution >= 4 is 35.9 Å². The summed E-state index contributed by atoms with van der Waals surface area (Å²) in [6.07, 6.45) is 19.6. The molecule has 69 heavy (non-hydrogen) atoms. The lowest BCUT2D eigenvalue weighted by Gasteiger charge is -2.57. The molecule has 0 radical (unpaired) electrons. The number of carbonyl (C=O) groups is 4. The van der Waals surface area contributed by atoms with Crippen LogP contribution < -0.4 is 20.4 Å². The molecule has 8 bridgehead atoms. The van der Waals surface area contributed by atoms with Gasteiger partial charge in [0, 0.05) is 23.3 Å². The number of carbonyl (C=O) groups excluding carboxylic acids is 2. The van der Waals surface area contributed by atoms with Crippen molar-refractivity contribution in [2.24, 2.45) is 35.5 Å². The molecule has 8 fully saturated rings. The lowest BCUT2D eigenvalue weighted by atomic mass is 9.48. The molecule has 0 spiro atoms. The molecule has 0 heterocycles. The van der Waals surface area contributed by atoms with Crippen LogP contribution in [0.15, 0.2) is 97.1 Å². The summed E-state index contributed by atoms with van der Waals surface area (Å²) in [4.78, 5) is 45.9. The zero-order valence-corrected chi connectivity index (χ0v) is 39.7. The maximum atomic E-state index is 12.3. The molecule has 12 rings (SSSR count). The molecule has 1 unspecified atom stereocenters. The molecule has 12 heteroatoms. The van der Waals surface area contributed by atoms with E-state index >= 15 is 0 Å². The number of ether oxygens (including phenoxy) is 2. The Bertz CT molecular complexity index is 2580. The largest absolute Gasteiger partial charge is 0.481 e. The fourth-order valence-electron chi connectivity index (χ4n) is 14.0. The van der Waals surface area contributed by atoms with Crippen LogP contribution in [0.5, 0.6) is 11.5 Å². The van der Waals surface area contributed by atoms with Crippen LogP contribution in [0, 0.1) is 35.5 Å². The van der Waals surface area contributed by atoms with Crippen LogP contribution in [-0.4, -0.2) is 56.1 Å². The van der Waals surface area contributed by atoms with Gasteiger partial charge in [-0.05, 0) is 214 Å². The molecule has 0 aliphatic heterocycles. The number of hydrogen-bond donors (Lipinski definition) is 6. The molecule has 8 aliphatic rings. The number of aliphatic carboxylic acids is 2. The molecule has 362 valence electrons. The van der Waals surface area contributed by atoms with Gasteiger partial charge in [0.2, 0.25) is 0 Å². The summed E-state index contributed by atoms with van der Waals surface area (Å²) in [5.74, 6) is 2.92. The summed E-state index contributed by atoms with van der Waals surface area (Å²) in [5, 5.41) is 36.0. The molecule has 6 N–H and O–H groups in total. The molecule has 1 atom stereocenters. The summed E-state index contributed by atoms with van der Waals surface area (Å²) in [6.45, 7) is 4.98. The van der Waals surface area contributed by atoms with Crippen LogP contribution in [-0.2, 0) is 30.0 Å². The third-order valence-electron chi connectivity index (χ3n) is 16.3. The molecule has 0 saturated heterocycles. The summed E-state index contributed by atoms with van der Waals surface area (Å²) in [6, 6.07) is 28.1. The van der Waals surface area contributed by atoms with Gasteiger partial charge in [-0.15, -0.1) is 0 Å². The number of hydroxylamine groups is 2. The highest BCUT2D eigenvalue weighted by molar-refractivity contribution is 5.86. The monoisotopic (exact) mass is 936 g/mol. The number of amides is 2. The first kappa shape index (κ1) is 47.8. The second-order valence-corrected chi connectivity index (χ2v) is 21.7. The van der Waals surface area contributed by atoms with Gasteiger partial charge in [0.1, 0.15) is 11.5 Å². The SMILES string of the molecule is CC(C)(Oc1ccc(-c2ccc(/C=C/C(=O)O)cc2)cc1C12CC3CC(CC(C3)C1)C2)C(=O)NO.CC(Oc1ccc(-c2ccc(/C=C/C(=O)O)cc2)cc1C12CC3CC(CC(C3)C1)C2)C(=O)NO. The second-order valence-electron chi connectivity index (χ2n) is 21.7. The molecule has 12 nitrogen and oxygen atoms in total. The zero-order chi connectivity index (χ0) is 48.7. The van der Waals surface area contributed by atoms with Gasteiger partial charge in [-0.25, -0.2) is 20.5 Å². The Morgan fingerprint density at radius 1 is 0.565 bits per heavy atom. The Labute approximate surface area is 403 Å². The van der Waals surface area contributed by atoms with E-state index in [1.54, 1.807) is 43.9 Å². The maximum absolute atomic E-state index is 12.3. The number of nitrogens with one attached hydrogen (secondary N) is 2. The Hall–Kier alpha value is -6.24. The summed E-state index contributed by atoms with van der Waals surface area (Å²) >= 11 is 0. The Morgan fingerprint density at radius 2 is 0.928 bits per heavy atom. The van der Waals surface area contributed by atoms with Crippen LogP contribution >= 0.6 is 0 Å². The van der Waals surface area contributed by atoms with Gasteiger partial charge in [-0.1, -0.05) is 60.7 Å². The average Bonchev–Trinajstić information content (AvgIpc) is 3.32. The van der Waals surface area contributed by atoms with E-state index in [4.69, 9.17) is 24.9 Å². The quantitative estimate of drug-likeness (QED) is 0.0403.